The minimum Gasteiger partial charge on any atom is -0.383 e. The third-order valence-corrected chi connectivity index (χ3v) is 3.61. The smallest absolute Gasteiger partial charge is 0.126 e. The average molecular weight is 287 g/mol. The summed E-state index contributed by atoms with van der Waals surface area (Å²) in [5, 5.41) is 3.48. The lowest BCUT2D eigenvalue weighted by Gasteiger charge is -2.21. The number of anilines is 1. The van der Waals surface area contributed by atoms with E-state index in [9.17, 15) is 4.39 Å². The molecule has 2 aromatic rings. The van der Waals surface area contributed by atoms with E-state index in [1.165, 1.54) is 6.07 Å². The first kappa shape index (κ1) is 15.4. The Morgan fingerprint density at radius 3 is 2.86 bits per heavy atom. The highest BCUT2D eigenvalue weighted by Gasteiger charge is 2.16. The second kappa shape index (κ2) is 7.18. The molecule has 0 bridgehead atoms. The molecule has 0 amide bonds. The number of halogens is 1. The van der Waals surface area contributed by atoms with Crippen LogP contribution in [-0.2, 0) is 6.42 Å². The molecule has 0 aliphatic heterocycles. The number of nitrogens with zero attached hydrogens (tertiary/aromatic N) is 1. The fourth-order valence-corrected chi connectivity index (χ4v) is 2.44. The van der Waals surface area contributed by atoms with Crippen molar-refractivity contribution in [1.82, 2.24) is 10.3 Å². The highest BCUT2D eigenvalue weighted by molar-refractivity contribution is 5.40. The molecule has 1 heterocycles. The van der Waals surface area contributed by atoms with Crippen molar-refractivity contribution in [2.24, 2.45) is 0 Å². The minimum atomic E-state index is -0.210. The van der Waals surface area contributed by atoms with Crippen molar-refractivity contribution in [3.8, 4) is 0 Å². The third kappa shape index (κ3) is 4.02. The van der Waals surface area contributed by atoms with Gasteiger partial charge < -0.3 is 11.1 Å². The number of aromatic nitrogens is 1. The average Bonchev–Trinajstić information content (AvgIpc) is 2.48. The summed E-state index contributed by atoms with van der Waals surface area (Å²) in [7, 11) is 0. The van der Waals surface area contributed by atoms with Gasteiger partial charge in [-0.1, -0.05) is 19.1 Å². The summed E-state index contributed by atoms with van der Waals surface area (Å²) in [6.45, 7) is 4.99. The minimum absolute atomic E-state index is 0.0344. The number of pyridine rings is 1. The molecule has 0 radical (unpaired) electrons. The zero-order valence-electron chi connectivity index (χ0n) is 12.6. The van der Waals surface area contributed by atoms with Crippen molar-refractivity contribution >= 4 is 5.82 Å². The van der Waals surface area contributed by atoms with Gasteiger partial charge in [-0.15, -0.1) is 0 Å². The molecule has 1 aromatic heterocycles. The lowest BCUT2D eigenvalue weighted by molar-refractivity contribution is 0.522. The van der Waals surface area contributed by atoms with E-state index in [-0.39, 0.29) is 11.9 Å². The molecule has 0 saturated heterocycles. The number of hydrogen-bond acceptors (Lipinski definition) is 3. The molecule has 21 heavy (non-hydrogen) atoms. The van der Waals surface area contributed by atoms with Gasteiger partial charge in [0.1, 0.15) is 11.6 Å². The lowest BCUT2D eigenvalue weighted by atomic mass is 9.95. The number of nitrogens with two attached hydrogens (primary N) is 1. The van der Waals surface area contributed by atoms with Crippen LogP contribution in [0.3, 0.4) is 0 Å². The Hall–Kier alpha value is -1.94. The summed E-state index contributed by atoms with van der Waals surface area (Å²) in [5.74, 6) is 0.327. The number of aryl methyl sites for hydroxylation is 1. The quantitative estimate of drug-likeness (QED) is 0.856. The number of hydrogen-bond donors (Lipinski definition) is 2. The Balaban J connectivity index is 2.30. The second-order valence-corrected chi connectivity index (χ2v) is 5.26. The SMILES string of the molecule is CCCNC(Cc1cccnc1N)c1cc(F)ccc1C. The molecule has 0 saturated carbocycles. The van der Waals surface area contributed by atoms with Crippen LogP contribution in [0.25, 0.3) is 0 Å². The second-order valence-electron chi connectivity index (χ2n) is 5.26. The van der Waals surface area contributed by atoms with Gasteiger partial charge in [-0.05, 0) is 61.2 Å². The van der Waals surface area contributed by atoms with Crippen molar-refractivity contribution in [3.63, 3.8) is 0 Å². The molecule has 3 nitrogen and oxygen atoms in total. The van der Waals surface area contributed by atoms with E-state index in [4.69, 9.17) is 5.73 Å². The standard InChI is InChI=1S/C17H22FN3/c1-3-8-20-16(10-13-5-4-9-21-17(13)19)15-11-14(18)7-6-12(15)2/h4-7,9,11,16,20H,3,8,10H2,1-2H3,(H2,19,21). The summed E-state index contributed by atoms with van der Waals surface area (Å²) in [5.41, 5.74) is 8.97. The van der Waals surface area contributed by atoms with Crippen LogP contribution >= 0.6 is 0 Å². The Morgan fingerprint density at radius 2 is 2.14 bits per heavy atom. The normalized spacial score (nSPS) is 12.3. The largest absolute Gasteiger partial charge is 0.383 e. The van der Waals surface area contributed by atoms with Crippen LogP contribution in [0.2, 0.25) is 0 Å². The van der Waals surface area contributed by atoms with E-state index in [0.29, 0.717) is 12.2 Å². The van der Waals surface area contributed by atoms with Gasteiger partial charge in [0.15, 0.2) is 0 Å². The van der Waals surface area contributed by atoms with Gasteiger partial charge in [0.05, 0.1) is 0 Å². The zero-order chi connectivity index (χ0) is 15.2. The van der Waals surface area contributed by atoms with E-state index in [1.54, 1.807) is 12.3 Å². The first-order chi connectivity index (χ1) is 10.1. The maximum Gasteiger partial charge on any atom is 0.126 e. The molecule has 1 unspecified atom stereocenters. The van der Waals surface area contributed by atoms with Crippen LogP contribution in [0.4, 0.5) is 10.2 Å². The summed E-state index contributed by atoms with van der Waals surface area (Å²) >= 11 is 0. The summed E-state index contributed by atoms with van der Waals surface area (Å²) in [4.78, 5) is 4.12. The molecule has 1 aromatic carbocycles. The van der Waals surface area contributed by atoms with Crippen LogP contribution < -0.4 is 11.1 Å². The van der Waals surface area contributed by atoms with Gasteiger partial charge in [-0.2, -0.15) is 0 Å². The Kier molecular flexibility index (Phi) is 5.28. The molecular formula is C17H22FN3. The molecule has 1 atom stereocenters. The van der Waals surface area contributed by atoms with E-state index in [1.807, 2.05) is 25.1 Å². The van der Waals surface area contributed by atoms with Crippen LogP contribution in [0, 0.1) is 12.7 Å². The zero-order valence-corrected chi connectivity index (χ0v) is 12.6. The summed E-state index contributed by atoms with van der Waals surface area (Å²) < 4.78 is 13.6. The Labute approximate surface area is 125 Å². The van der Waals surface area contributed by atoms with Gasteiger partial charge in [0.2, 0.25) is 0 Å². The van der Waals surface area contributed by atoms with Crippen LogP contribution in [0.1, 0.15) is 36.1 Å². The Bertz CT molecular complexity index is 598. The fraction of sp³-hybridized carbons (Fsp3) is 0.353. The van der Waals surface area contributed by atoms with Crippen molar-refractivity contribution in [2.45, 2.75) is 32.7 Å². The highest BCUT2D eigenvalue weighted by Crippen LogP contribution is 2.24. The molecule has 0 aliphatic carbocycles. The fourth-order valence-electron chi connectivity index (χ4n) is 2.44. The van der Waals surface area contributed by atoms with Crippen molar-refractivity contribution in [1.29, 1.82) is 0 Å². The Morgan fingerprint density at radius 1 is 1.33 bits per heavy atom. The van der Waals surface area contributed by atoms with Gasteiger partial charge in [-0.25, -0.2) is 9.37 Å². The molecule has 4 heteroatoms. The van der Waals surface area contributed by atoms with E-state index in [2.05, 4.69) is 17.2 Å². The number of benzene rings is 1. The maximum absolute atomic E-state index is 13.6. The van der Waals surface area contributed by atoms with E-state index in [0.717, 1.165) is 29.7 Å². The topological polar surface area (TPSA) is 50.9 Å². The first-order valence-corrected chi connectivity index (χ1v) is 7.30. The summed E-state index contributed by atoms with van der Waals surface area (Å²) in [6, 6.07) is 8.80. The van der Waals surface area contributed by atoms with Crippen molar-refractivity contribution in [2.75, 3.05) is 12.3 Å². The molecule has 0 fully saturated rings. The maximum atomic E-state index is 13.6. The predicted molar refractivity (Wildman–Crippen MR) is 84.5 cm³/mol. The summed E-state index contributed by atoms with van der Waals surface area (Å²) in [6.07, 6.45) is 3.40. The van der Waals surface area contributed by atoms with Gasteiger partial charge in [-0.3, -0.25) is 0 Å². The first-order valence-electron chi connectivity index (χ1n) is 7.30. The third-order valence-electron chi connectivity index (χ3n) is 3.61. The molecule has 0 aliphatic rings. The number of nitrogen functional groups attached to an aromatic ring is 1. The van der Waals surface area contributed by atoms with Crippen molar-refractivity contribution in [3.05, 3.63) is 59.0 Å². The van der Waals surface area contributed by atoms with E-state index < -0.39 is 0 Å². The van der Waals surface area contributed by atoms with Crippen LogP contribution in [0.15, 0.2) is 36.5 Å². The number of nitrogens with one attached hydrogen (secondary N) is 1. The molecule has 0 spiro atoms. The highest BCUT2D eigenvalue weighted by atomic mass is 19.1. The van der Waals surface area contributed by atoms with Crippen LogP contribution in [-0.4, -0.2) is 11.5 Å². The lowest BCUT2D eigenvalue weighted by Crippen LogP contribution is -2.25. The van der Waals surface area contributed by atoms with Crippen molar-refractivity contribution < 1.29 is 4.39 Å². The van der Waals surface area contributed by atoms with Gasteiger partial charge in [0, 0.05) is 12.2 Å². The molecule has 112 valence electrons. The molecular weight excluding hydrogens is 265 g/mol. The monoisotopic (exact) mass is 287 g/mol. The van der Waals surface area contributed by atoms with Gasteiger partial charge >= 0.3 is 0 Å². The van der Waals surface area contributed by atoms with Gasteiger partial charge in [0.25, 0.3) is 0 Å². The number of rotatable bonds is 6. The molecule has 2 rings (SSSR count). The molecule has 3 N–H and O–H groups in total. The predicted octanol–water partition coefficient (Wildman–Crippen LogP) is 3.39. The van der Waals surface area contributed by atoms with Crippen LogP contribution in [0.5, 0.6) is 0 Å². The van der Waals surface area contributed by atoms with E-state index >= 15 is 0 Å².